The van der Waals surface area contributed by atoms with Gasteiger partial charge in [-0.3, -0.25) is 4.98 Å². The van der Waals surface area contributed by atoms with Gasteiger partial charge in [0, 0.05) is 5.56 Å². The molecule has 0 aliphatic rings. The number of hydrogen-bond acceptors (Lipinski definition) is 3. The monoisotopic (exact) mass is 310 g/mol. The summed E-state index contributed by atoms with van der Waals surface area (Å²) in [7, 11) is 0. The molecule has 0 bridgehead atoms. The van der Waals surface area contributed by atoms with Crippen LogP contribution in [0.2, 0.25) is 0 Å². The van der Waals surface area contributed by atoms with Crippen molar-refractivity contribution < 1.29 is 13.9 Å². The fourth-order valence-corrected chi connectivity index (χ4v) is 1.57. The topological polar surface area (TPSA) is 56.9 Å². The molecule has 1 aromatic heterocycles. The number of rotatable bonds is 2. The summed E-state index contributed by atoms with van der Waals surface area (Å²) in [5.41, 5.74) is -0.336. The third-order valence-electron chi connectivity index (χ3n) is 1.59. The van der Waals surface area contributed by atoms with E-state index in [1.54, 1.807) is 28.7 Å². The van der Waals surface area contributed by atoms with Crippen LogP contribution in [0.1, 0.15) is 17.7 Å². The Hall–Kier alpha value is -0.970. The molecule has 1 heterocycles. The third kappa shape index (κ3) is 2.09. The van der Waals surface area contributed by atoms with Gasteiger partial charge in [0.1, 0.15) is 11.4 Å². The van der Waals surface area contributed by atoms with E-state index in [0.717, 1.165) is 6.20 Å². The molecule has 0 atom stereocenters. The first kappa shape index (κ1) is 11.1. The number of nitriles is 1. The molecule has 0 aliphatic heterocycles. The minimum absolute atomic E-state index is 0.100. The number of alkyl halides is 2. The summed E-state index contributed by atoms with van der Waals surface area (Å²) >= 11 is 1.71. The van der Waals surface area contributed by atoms with Gasteiger partial charge in [0.15, 0.2) is 0 Å². The van der Waals surface area contributed by atoms with Gasteiger partial charge in [-0.15, -0.1) is 0 Å². The molecule has 74 valence electrons. The van der Waals surface area contributed by atoms with Crippen LogP contribution in [0.25, 0.3) is 0 Å². The molecule has 0 aromatic carbocycles. The fourth-order valence-electron chi connectivity index (χ4n) is 0.968. The van der Waals surface area contributed by atoms with Crippen molar-refractivity contribution in [2.45, 2.75) is 12.8 Å². The van der Waals surface area contributed by atoms with Gasteiger partial charge >= 0.3 is 0 Å². The number of hydrogen-bond donors (Lipinski definition) is 1. The van der Waals surface area contributed by atoms with Crippen LogP contribution in [0.15, 0.2) is 6.20 Å². The van der Waals surface area contributed by atoms with Crippen molar-refractivity contribution in [3.05, 3.63) is 21.0 Å². The van der Waals surface area contributed by atoms with Crippen molar-refractivity contribution >= 4 is 22.6 Å². The minimum atomic E-state index is -2.73. The van der Waals surface area contributed by atoms with E-state index in [-0.39, 0.29) is 21.3 Å². The maximum atomic E-state index is 12.4. The second-order valence-corrected chi connectivity index (χ2v) is 3.54. The molecular weight excluding hydrogens is 305 g/mol. The summed E-state index contributed by atoms with van der Waals surface area (Å²) in [6.45, 7) is 0. The maximum absolute atomic E-state index is 12.4. The lowest BCUT2D eigenvalue weighted by atomic mass is 10.1. The van der Waals surface area contributed by atoms with Gasteiger partial charge in [-0.2, -0.15) is 5.26 Å². The number of halogens is 3. The Kier molecular flexibility index (Phi) is 3.57. The van der Waals surface area contributed by atoms with Crippen molar-refractivity contribution in [2.75, 3.05) is 0 Å². The van der Waals surface area contributed by atoms with Crippen LogP contribution < -0.4 is 0 Å². The predicted octanol–water partition coefficient (Wildman–Crippen LogP) is 2.40. The van der Waals surface area contributed by atoms with Gasteiger partial charge in [-0.25, -0.2) is 8.78 Å². The Balaban J connectivity index is 3.31. The molecule has 0 radical (unpaired) electrons. The van der Waals surface area contributed by atoms with Crippen molar-refractivity contribution in [1.82, 2.24) is 4.98 Å². The Morgan fingerprint density at radius 3 is 2.79 bits per heavy atom. The lowest BCUT2D eigenvalue weighted by Gasteiger charge is -2.07. The molecule has 1 rings (SSSR count). The molecule has 1 aromatic rings. The van der Waals surface area contributed by atoms with Crippen LogP contribution >= 0.6 is 22.6 Å². The summed E-state index contributed by atoms with van der Waals surface area (Å²) in [5.74, 6) is -0.180. The summed E-state index contributed by atoms with van der Waals surface area (Å²) in [6.07, 6.45) is -1.95. The standard InChI is InChI=1S/C8H5F2IN2O/c9-8(10)7-4(1-2-12)6(11)5(14)3-13-7/h3,8,14H,1H2. The lowest BCUT2D eigenvalue weighted by molar-refractivity contribution is 0.144. The summed E-state index contributed by atoms with van der Waals surface area (Å²) in [5, 5.41) is 17.6. The van der Waals surface area contributed by atoms with Crippen LogP contribution in [0.4, 0.5) is 8.78 Å². The average molecular weight is 310 g/mol. The van der Waals surface area contributed by atoms with Gasteiger partial charge in [0.25, 0.3) is 6.43 Å². The third-order valence-corrected chi connectivity index (χ3v) is 2.79. The second-order valence-electron chi connectivity index (χ2n) is 2.46. The zero-order valence-electron chi connectivity index (χ0n) is 6.84. The van der Waals surface area contributed by atoms with Gasteiger partial charge < -0.3 is 5.11 Å². The minimum Gasteiger partial charge on any atom is -0.505 e. The largest absolute Gasteiger partial charge is 0.505 e. The molecule has 0 fully saturated rings. The maximum Gasteiger partial charge on any atom is 0.280 e. The SMILES string of the molecule is N#CCc1c(C(F)F)ncc(O)c1I. The molecule has 3 nitrogen and oxygen atoms in total. The van der Waals surface area contributed by atoms with Crippen LogP contribution in [-0.2, 0) is 6.42 Å². The predicted molar refractivity (Wildman–Crippen MR) is 52.9 cm³/mol. The van der Waals surface area contributed by atoms with Crippen molar-refractivity contribution in [1.29, 1.82) is 5.26 Å². The molecule has 0 amide bonds. The molecule has 1 N–H and O–H groups in total. The van der Waals surface area contributed by atoms with Crippen molar-refractivity contribution in [3.63, 3.8) is 0 Å². The van der Waals surface area contributed by atoms with E-state index in [2.05, 4.69) is 4.98 Å². The molecule has 0 saturated heterocycles. The highest BCUT2D eigenvalue weighted by molar-refractivity contribution is 14.1. The van der Waals surface area contributed by atoms with Crippen LogP contribution in [0, 0.1) is 14.9 Å². The first-order chi connectivity index (χ1) is 6.57. The molecule has 0 saturated carbocycles. The molecule has 14 heavy (non-hydrogen) atoms. The highest BCUT2D eigenvalue weighted by Gasteiger charge is 2.19. The van der Waals surface area contributed by atoms with E-state index >= 15 is 0 Å². The Labute approximate surface area is 92.5 Å². The number of nitrogens with zero attached hydrogens (tertiary/aromatic N) is 2. The molecule has 6 heteroatoms. The number of aromatic nitrogens is 1. The van der Waals surface area contributed by atoms with E-state index in [1.165, 1.54) is 0 Å². The van der Waals surface area contributed by atoms with Gasteiger partial charge in [-0.05, 0) is 22.6 Å². The Bertz CT molecular complexity index is 390. The zero-order valence-corrected chi connectivity index (χ0v) is 8.99. The fraction of sp³-hybridized carbons (Fsp3) is 0.250. The van der Waals surface area contributed by atoms with E-state index in [1.807, 2.05) is 0 Å². The van der Waals surface area contributed by atoms with E-state index in [9.17, 15) is 13.9 Å². The zero-order chi connectivity index (χ0) is 10.7. The van der Waals surface area contributed by atoms with Crippen LogP contribution in [0.3, 0.4) is 0 Å². The summed E-state index contributed by atoms with van der Waals surface area (Å²) < 4.78 is 25.1. The van der Waals surface area contributed by atoms with Gasteiger partial charge in [0.2, 0.25) is 0 Å². The van der Waals surface area contributed by atoms with E-state index in [4.69, 9.17) is 5.26 Å². The van der Waals surface area contributed by atoms with Crippen LogP contribution in [-0.4, -0.2) is 10.1 Å². The molecule has 0 spiro atoms. The lowest BCUT2D eigenvalue weighted by Crippen LogP contribution is -2.00. The second kappa shape index (κ2) is 4.50. The Morgan fingerprint density at radius 1 is 1.64 bits per heavy atom. The van der Waals surface area contributed by atoms with Gasteiger partial charge in [0.05, 0.1) is 22.3 Å². The molecular formula is C8H5F2IN2O. The quantitative estimate of drug-likeness (QED) is 0.853. The van der Waals surface area contributed by atoms with Crippen LogP contribution in [0.5, 0.6) is 5.75 Å². The van der Waals surface area contributed by atoms with Crippen molar-refractivity contribution in [3.8, 4) is 11.8 Å². The Morgan fingerprint density at radius 2 is 2.29 bits per heavy atom. The first-order valence-electron chi connectivity index (χ1n) is 3.59. The number of pyridine rings is 1. The molecule has 0 unspecified atom stereocenters. The molecule has 0 aliphatic carbocycles. The smallest absolute Gasteiger partial charge is 0.280 e. The average Bonchev–Trinajstić information content (AvgIpc) is 2.13. The first-order valence-corrected chi connectivity index (χ1v) is 4.67. The van der Waals surface area contributed by atoms with E-state index in [0.29, 0.717) is 0 Å². The van der Waals surface area contributed by atoms with E-state index < -0.39 is 12.1 Å². The highest BCUT2D eigenvalue weighted by Crippen LogP contribution is 2.29. The van der Waals surface area contributed by atoms with Gasteiger partial charge in [-0.1, -0.05) is 0 Å². The summed E-state index contributed by atoms with van der Waals surface area (Å²) in [4.78, 5) is 3.40. The normalized spacial score (nSPS) is 10.2. The van der Waals surface area contributed by atoms with Crippen molar-refractivity contribution in [2.24, 2.45) is 0 Å². The number of aromatic hydroxyl groups is 1. The summed E-state index contributed by atoms with van der Waals surface area (Å²) in [6, 6.07) is 1.76. The highest BCUT2D eigenvalue weighted by atomic mass is 127.